The first kappa shape index (κ1) is 21.9. The molecule has 0 aliphatic heterocycles. The van der Waals surface area contributed by atoms with Crippen molar-refractivity contribution in [1.29, 1.82) is 0 Å². The molecular weight excluding hydrogens is 433 g/mol. The first-order valence-corrected chi connectivity index (χ1v) is 12.4. The Morgan fingerprint density at radius 1 is 0.417 bits per heavy atom. The van der Waals surface area contributed by atoms with Gasteiger partial charge in [-0.3, -0.25) is 0 Å². The third kappa shape index (κ3) is 4.30. The summed E-state index contributed by atoms with van der Waals surface area (Å²) in [5, 5.41) is 2.46. The molecule has 1 nitrogen and oxygen atoms in total. The number of hydrogen-bond donors (Lipinski definition) is 0. The molecule has 0 atom stereocenters. The van der Waals surface area contributed by atoms with Crippen LogP contribution in [0.25, 0.3) is 33.0 Å². The predicted molar refractivity (Wildman–Crippen MR) is 158 cm³/mol. The molecule has 0 aliphatic rings. The smallest absolute Gasteiger partial charge is 0.139 e. The van der Waals surface area contributed by atoms with Gasteiger partial charge in [0.2, 0.25) is 0 Å². The number of anilines is 3. The summed E-state index contributed by atoms with van der Waals surface area (Å²) in [5.41, 5.74) is 9.57. The second kappa shape index (κ2) is 9.60. The van der Waals surface area contributed by atoms with Gasteiger partial charge >= 0.3 is 0 Å². The van der Waals surface area contributed by atoms with Crippen LogP contribution in [0.15, 0.2) is 146 Å². The summed E-state index contributed by atoms with van der Waals surface area (Å²) in [6, 6.07) is 52.1. The molecule has 0 saturated carbocycles. The molecule has 0 radical (unpaired) electrons. The average Bonchev–Trinajstić information content (AvgIpc) is 2.95. The summed E-state index contributed by atoms with van der Waals surface area (Å²) in [6.07, 6.45) is 0. The molecule has 0 fully saturated rings. The standard InChI is InChI=1S/C34H26BN/c35-30-20-16-27(17-21-30)29-12-6-13-32(24-29)36(34-15-7-11-28-10-4-5-14-33(28)34)31-22-18-26(19-23-31)25-8-2-1-3-9-25/h1-24H,35H2. The zero-order valence-corrected chi connectivity index (χ0v) is 20.3. The zero-order chi connectivity index (χ0) is 24.3. The van der Waals surface area contributed by atoms with Gasteiger partial charge in [-0.2, -0.15) is 0 Å². The van der Waals surface area contributed by atoms with E-state index in [-0.39, 0.29) is 0 Å². The summed E-state index contributed by atoms with van der Waals surface area (Å²) < 4.78 is 0. The molecule has 170 valence electrons. The van der Waals surface area contributed by atoms with E-state index < -0.39 is 0 Å². The SMILES string of the molecule is Bc1ccc(-c2cccc(N(c3ccc(-c4ccccc4)cc3)c3cccc4ccccc34)c2)cc1. The van der Waals surface area contributed by atoms with Gasteiger partial charge in [0.05, 0.1) is 5.69 Å². The predicted octanol–water partition coefficient (Wildman–Crippen LogP) is 7.90. The molecule has 0 spiro atoms. The summed E-state index contributed by atoms with van der Waals surface area (Å²) >= 11 is 0. The Balaban J connectivity index is 1.51. The maximum absolute atomic E-state index is 2.37. The van der Waals surface area contributed by atoms with E-state index in [0.29, 0.717) is 0 Å². The number of hydrogen-bond acceptors (Lipinski definition) is 1. The third-order valence-corrected chi connectivity index (χ3v) is 6.73. The average molecular weight is 459 g/mol. The van der Waals surface area contributed by atoms with Crippen molar-refractivity contribution in [2.75, 3.05) is 4.90 Å². The van der Waals surface area contributed by atoms with E-state index in [1.54, 1.807) is 0 Å². The van der Waals surface area contributed by atoms with Crippen LogP contribution in [0.4, 0.5) is 17.1 Å². The molecule has 6 aromatic rings. The van der Waals surface area contributed by atoms with Crippen LogP contribution in [-0.2, 0) is 0 Å². The van der Waals surface area contributed by atoms with E-state index in [0.717, 1.165) is 11.4 Å². The highest BCUT2D eigenvalue weighted by Gasteiger charge is 2.16. The largest absolute Gasteiger partial charge is 0.310 e. The molecule has 6 rings (SSSR count). The lowest BCUT2D eigenvalue weighted by atomic mass is 9.93. The Hall–Kier alpha value is -4.56. The van der Waals surface area contributed by atoms with Gasteiger partial charge in [0.25, 0.3) is 0 Å². The van der Waals surface area contributed by atoms with Gasteiger partial charge in [0.1, 0.15) is 7.85 Å². The first-order chi connectivity index (χ1) is 17.8. The van der Waals surface area contributed by atoms with Gasteiger partial charge in [-0.05, 0) is 58.0 Å². The molecule has 6 aromatic carbocycles. The minimum absolute atomic E-state index is 1.13. The lowest BCUT2D eigenvalue weighted by Crippen LogP contribution is -2.10. The van der Waals surface area contributed by atoms with Crippen LogP contribution >= 0.6 is 0 Å². The highest BCUT2D eigenvalue weighted by Crippen LogP contribution is 2.40. The van der Waals surface area contributed by atoms with Gasteiger partial charge in [-0.25, -0.2) is 0 Å². The van der Waals surface area contributed by atoms with Crippen molar-refractivity contribution in [2.24, 2.45) is 0 Å². The molecule has 0 amide bonds. The minimum atomic E-state index is 1.13. The van der Waals surface area contributed by atoms with Gasteiger partial charge < -0.3 is 4.90 Å². The van der Waals surface area contributed by atoms with Crippen molar-refractivity contribution in [1.82, 2.24) is 0 Å². The summed E-state index contributed by atoms with van der Waals surface area (Å²) in [5.74, 6) is 0. The maximum atomic E-state index is 2.37. The summed E-state index contributed by atoms with van der Waals surface area (Å²) in [4.78, 5) is 2.37. The Bertz CT molecular complexity index is 1620. The van der Waals surface area contributed by atoms with E-state index in [2.05, 4.69) is 158 Å². The molecule has 0 aromatic heterocycles. The zero-order valence-electron chi connectivity index (χ0n) is 20.3. The van der Waals surface area contributed by atoms with Crippen molar-refractivity contribution in [2.45, 2.75) is 0 Å². The topological polar surface area (TPSA) is 3.24 Å². The van der Waals surface area contributed by atoms with Gasteiger partial charge in [-0.15, -0.1) is 0 Å². The number of rotatable bonds is 5. The lowest BCUT2D eigenvalue weighted by Gasteiger charge is -2.27. The minimum Gasteiger partial charge on any atom is -0.310 e. The van der Waals surface area contributed by atoms with Crippen LogP contribution in [0.5, 0.6) is 0 Å². The lowest BCUT2D eigenvalue weighted by molar-refractivity contribution is 1.30. The van der Waals surface area contributed by atoms with Crippen molar-refractivity contribution in [3.05, 3.63) is 146 Å². The monoisotopic (exact) mass is 459 g/mol. The van der Waals surface area contributed by atoms with Crippen LogP contribution in [0.2, 0.25) is 0 Å². The van der Waals surface area contributed by atoms with E-state index in [1.807, 2.05) is 0 Å². The highest BCUT2D eigenvalue weighted by molar-refractivity contribution is 6.32. The van der Waals surface area contributed by atoms with Gasteiger partial charge in [-0.1, -0.05) is 121 Å². The van der Waals surface area contributed by atoms with Crippen molar-refractivity contribution in [3.8, 4) is 22.3 Å². The van der Waals surface area contributed by atoms with Crippen LogP contribution in [-0.4, -0.2) is 7.85 Å². The Morgan fingerprint density at radius 2 is 1.00 bits per heavy atom. The fourth-order valence-corrected chi connectivity index (χ4v) is 4.83. The molecule has 0 aliphatic carbocycles. The van der Waals surface area contributed by atoms with E-state index in [1.165, 1.54) is 44.2 Å². The molecule has 0 saturated heterocycles. The molecule has 0 bridgehead atoms. The number of fused-ring (bicyclic) bond motifs is 1. The fourth-order valence-electron chi connectivity index (χ4n) is 4.83. The van der Waals surface area contributed by atoms with Crippen LogP contribution in [0.1, 0.15) is 0 Å². The second-order valence-electron chi connectivity index (χ2n) is 9.16. The van der Waals surface area contributed by atoms with Crippen molar-refractivity contribution >= 4 is 41.1 Å². The molecule has 36 heavy (non-hydrogen) atoms. The Kier molecular flexibility index (Phi) is 5.85. The first-order valence-electron chi connectivity index (χ1n) is 12.4. The van der Waals surface area contributed by atoms with Crippen LogP contribution in [0, 0.1) is 0 Å². The molecule has 0 unspecified atom stereocenters. The summed E-state index contributed by atoms with van der Waals surface area (Å²) in [6.45, 7) is 0. The van der Waals surface area contributed by atoms with E-state index >= 15 is 0 Å². The Morgan fingerprint density at radius 3 is 1.81 bits per heavy atom. The Labute approximate surface area is 213 Å². The van der Waals surface area contributed by atoms with Gasteiger partial charge in [0, 0.05) is 16.8 Å². The van der Waals surface area contributed by atoms with Gasteiger partial charge in [0.15, 0.2) is 0 Å². The van der Waals surface area contributed by atoms with E-state index in [4.69, 9.17) is 0 Å². The number of benzene rings is 6. The third-order valence-electron chi connectivity index (χ3n) is 6.73. The maximum Gasteiger partial charge on any atom is 0.139 e. The highest BCUT2D eigenvalue weighted by atomic mass is 15.1. The fraction of sp³-hybridized carbons (Fsp3) is 0. The quantitative estimate of drug-likeness (QED) is 0.237. The van der Waals surface area contributed by atoms with Crippen LogP contribution in [0.3, 0.4) is 0 Å². The second-order valence-corrected chi connectivity index (χ2v) is 9.16. The van der Waals surface area contributed by atoms with Crippen LogP contribution < -0.4 is 10.4 Å². The summed E-state index contributed by atoms with van der Waals surface area (Å²) in [7, 11) is 2.13. The van der Waals surface area contributed by atoms with Crippen molar-refractivity contribution < 1.29 is 0 Å². The molecule has 0 heterocycles. The van der Waals surface area contributed by atoms with Crippen molar-refractivity contribution in [3.63, 3.8) is 0 Å². The molecule has 0 N–H and O–H groups in total. The van der Waals surface area contributed by atoms with E-state index in [9.17, 15) is 0 Å². The number of nitrogens with zero attached hydrogens (tertiary/aromatic N) is 1. The molecular formula is C34H26BN. The normalized spacial score (nSPS) is 10.9. The molecule has 2 heteroatoms.